The van der Waals surface area contributed by atoms with Gasteiger partial charge in [0.1, 0.15) is 0 Å². The van der Waals surface area contributed by atoms with Crippen LogP contribution in [0.3, 0.4) is 0 Å². The average Bonchev–Trinajstić information content (AvgIpc) is 2.32. The van der Waals surface area contributed by atoms with Crippen LogP contribution in [0.25, 0.3) is 10.8 Å². The zero-order chi connectivity index (χ0) is 12.4. The van der Waals surface area contributed by atoms with Crippen molar-refractivity contribution in [2.24, 2.45) is 16.0 Å². The van der Waals surface area contributed by atoms with Gasteiger partial charge in [0.25, 0.3) is 0 Å². The Labute approximate surface area is 96.0 Å². The van der Waals surface area contributed by atoms with Crippen LogP contribution in [0.5, 0.6) is 11.5 Å². The lowest BCUT2D eigenvalue weighted by Crippen LogP contribution is -2.01. The van der Waals surface area contributed by atoms with E-state index in [0.717, 1.165) is 0 Å². The molecule has 0 aliphatic heterocycles. The van der Waals surface area contributed by atoms with E-state index < -0.39 is 6.03 Å². The van der Waals surface area contributed by atoms with E-state index >= 15 is 0 Å². The first-order chi connectivity index (χ1) is 8.09. The highest BCUT2D eigenvalue weighted by Crippen LogP contribution is 2.39. The predicted molar refractivity (Wildman–Crippen MR) is 61.4 cm³/mol. The number of hydrogen-bond acceptors (Lipinski definition) is 4. The third-order valence-electron chi connectivity index (χ3n) is 2.23. The Hall–Kier alpha value is -2.63. The van der Waals surface area contributed by atoms with Gasteiger partial charge in [-0.25, -0.2) is 4.79 Å². The number of amides is 2. The highest BCUT2D eigenvalue weighted by atomic mass is 16.3. The van der Waals surface area contributed by atoms with Crippen molar-refractivity contribution in [1.82, 2.24) is 0 Å². The van der Waals surface area contributed by atoms with E-state index in [0.29, 0.717) is 10.8 Å². The molecule has 2 aromatic carbocycles. The number of carbonyl (C=O) groups excluding carboxylic acids is 1. The number of nitrogens with zero attached hydrogens (tertiary/aromatic N) is 2. The molecule has 0 fully saturated rings. The van der Waals surface area contributed by atoms with E-state index in [4.69, 9.17) is 5.73 Å². The monoisotopic (exact) mass is 231 g/mol. The van der Waals surface area contributed by atoms with Crippen LogP contribution in [0, 0.1) is 0 Å². The molecule has 0 heterocycles. The zero-order valence-electron chi connectivity index (χ0n) is 8.66. The second-order valence-electron chi connectivity index (χ2n) is 3.35. The number of benzene rings is 2. The predicted octanol–water partition coefficient (Wildman–Crippen LogP) is 2.41. The molecule has 6 heteroatoms. The van der Waals surface area contributed by atoms with Crippen LogP contribution in [0.2, 0.25) is 0 Å². The van der Waals surface area contributed by atoms with Gasteiger partial charge >= 0.3 is 6.03 Å². The molecular weight excluding hydrogens is 222 g/mol. The molecular formula is C11H9N3O3. The molecule has 17 heavy (non-hydrogen) atoms. The molecule has 0 saturated heterocycles. The highest BCUT2D eigenvalue weighted by Gasteiger charge is 2.09. The van der Waals surface area contributed by atoms with Gasteiger partial charge in [-0.15, -0.1) is 5.11 Å². The van der Waals surface area contributed by atoms with Crippen LogP contribution >= 0.6 is 0 Å². The first-order valence-corrected chi connectivity index (χ1v) is 4.74. The molecule has 2 rings (SSSR count). The lowest BCUT2D eigenvalue weighted by atomic mass is 10.1. The number of azo groups is 1. The number of carbonyl (C=O) groups is 1. The van der Waals surface area contributed by atoms with Gasteiger partial charge in [-0.05, 0) is 0 Å². The number of rotatable bonds is 1. The Morgan fingerprint density at radius 2 is 1.82 bits per heavy atom. The topological polar surface area (TPSA) is 108 Å². The van der Waals surface area contributed by atoms with Crippen molar-refractivity contribution >= 4 is 22.5 Å². The number of urea groups is 1. The van der Waals surface area contributed by atoms with E-state index in [1.54, 1.807) is 24.3 Å². The number of primary amides is 1. The van der Waals surface area contributed by atoms with Crippen molar-refractivity contribution in [3.8, 4) is 11.5 Å². The Morgan fingerprint density at radius 3 is 2.47 bits per heavy atom. The largest absolute Gasteiger partial charge is 0.504 e. The fourth-order valence-electron chi connectivity index (χ4n) is 1.51. The summed E-state index contributed by atoms with van der Waals surface area (Å²) >= 11 is 0. The lowest BCUT2D eigenvalue weighted by Gasteiger charge is -2.05. The number of phenolic OH excluding ortho intramolecular Hbond substituents is 2. The summed E-state index contributed by atoms with van der Waals surface area (Å²) in [6.45, 7) is 0. The summed E-state index contributed by atoms with van der Waals surface area (Å²) in [6, 6.07) is 7.03. The Morgan fingerprint density at radius 1 is 1.18 bits per heavy atom. The molecule has 0 spiro atoms. The van der Waals surface area contributed by atoms with Crippen molar-refractivity contribution < 1.29 is 15.0 Å². The molecule has 0 aromatic heterocycles. The minimum absolute atomic E-state index is 0.237. The average molecular weight is 231 g/mol. The fraction of sp³-hybridized carbons (Fsp3) is 0. The second kappa shape index (κ2) is 4.09. The highest BCUT2D eigenvalue weighted by molar-refractivity contribution is 5.98. The first kappa shape index (κ1) is 10.9. The van der Waals surface area contributed by atoms with Crippen LogP contribution in [0.1, 0.15) is 0 Å². The third kappa shape index (κ3) is 2.00. The van der Waals surface area contributed by atoms with Gasteiger partial charge in [0.05, 0.1) is 5.69 Å². The molecule has 86 valence electrons. The molecule has 6 nitrogen and oxygen atoms in total. The lowest BCUT2D eigenvalue weighted by molar-refractivity contribution is 0.255. The summed E-state index contributed by atoms with van der Waals surface area (Å²) in [5.41, 5.74) is 5.10. The fourth-order valence-corrected chi connectivity index (χ4v) is 1.51. The van der Waals surface area contributed by atoms with E-state index in [1.165, 1.54) is 6.07 Å². The van der Waals surface area contributed by atoms with Crippen molar-refractivity contribution in [3.05, 3.63) is 30.3 Å². The van der Waals surface area contributed by atoms with Crippen molar-refractivity contribution in [2.45, 2.75) is 0 Å². The maximum Gasteiger partial charge on any atom is 0.356 e. The van der Waals surface area contributed by atoms with E-state index in [-0.39, 0.29) is 17.2 Å². The third-order valence-corrected chi connectivity index (χ3v) is 2.23. The minimum Gasteiger partial charge on any atom is -0.504 e. The van der Waals surface area contributed by atoms with E-state index in [9.17, 15) is 15.0 Å². The molecule has 0 aliphatic rings. The summed E-state index contributed by atoms with van der Waals surface area (Å²) < 4.78 is 0. The summed E-state index contributed by atoms with van der Waals surface area (Å²) in [7, 11) is 0. The molecule has 2 aromatic rings. The van der Waals surface area contributed by atoms with Gasteiger partial charge in [0, 0.05) is 16.8 Å². The summed E-state index contributed by atoms with van der Waals surface area (Å²) in [5.74, 6) is -0.569. The number of hydrogen-bond donors (Lipinski definition) is 3. The maximum atomic E-state index is 10.5. The minimum atomic E-state index is -0.929. The van der Waals surface area contributed by atoms with Gasteiger partial charge in [-0.1, -0.05) is 29.4 Å². The van der Waals surface area contributed by atoms with E-state index in [1.807, 2.05) is 0 Å². The Bertz CT molecular complexity index is 623. The molecule has 0 saturated carbocycles. The number of aromatic hydroxyl groups is 2. The van der Waals surface area contributed by atoms with Crippen LogP contribution < -0.4 is 5.73 Å². The molecule has 0 atom stereocenters. The number of nitrogens with two attached hydrogens (primary N) is 1. The number of phenols is 2. The summed E-state index contributed by atoms with van der Waals surface area (Å²) in [6.07, 6.45) is 0. The van der Waals surface area contributed by atoms with Gasteiger partial charge in [0.2, 0.25) is 0 Å². The van der Waals surface area contributed by atoms with Gasteiger partial charge in [-0.2, -0.15) is 0 Å². The molecule has 0 unspecified atom stereocenters. The van der Waals surface area contributed by atoms with Crippen molar-refractivity contribution in [3.63, 3.8) is 0 Å². The maximum absolute atomic E-state index is 10.5. The molecule has 2 amide bonds. The van der Waals surface area contributed by atoms with Crippen LogP contribution in [-0.4, -0.2) is 16.2 Å². The quantitative estimate of drug-likeness (QED) is 0.517. The van der Waals surface area contributed by atoms with Crippen LogP contribution in [0.15, 0.2) is 40.6 Å². The summed E-state index contributed by atoms with van der Waals surface area (Å²) in [4.78, 5) is 10.5. The molecule has 4 N–H and O–H groups in total. The molecule has 0 bridgehead atoms. The van der Waals surface area contributed by atoms with Gasteiger partial charge in [-0.3, -0.25) is 0 Å². The number of fused-ring (bicyclic) bond motifs is 1. The standard InChI is InChI=1S/C11H9N3O3/c12-11(17)14-13-8-5-9(15)10(16)7-4-2-1-3-6(7)8/h1-5,15-16H,(H2,12,17). The van der Waals surface area contributed by atoms with E-state index in [2.05, 4.69) is 10.2 Å². The second-order valence-corrected chi connectivity index (χ2v) is 3.35. The summed E-state index contributed by atoms with van der Waals surface area (Å²) in [5, 5.41) is 26.9. The SMILES string of the molecule is NC(=O)N=Nc1cc(O)c(O)c2ccccc12. The zero-order valence-corrected chi connectivity index (χ0v) is 8.66. The Kier molecular flexibility index (Phi) is 2.61. The molecule has 0 aliphatic carbocycles. The van der Waals surface area contributed by atoms with Crippen molar-refractivity contribution in [2.75, 3.05) is 0 Å². The van der Waals surface area contributed by atoms with Crippen LogP contribution in [0.4, 0.5) is 10.5 Å². The molecule has 0 radical (unpaired) electrons. The van der Waals surface area contributed by atoms with Gasteiger partial charge < -0.3 is 15.9 Å². The normalized spacial score (nSPS) is 11.1. The van der Waals surface area contributed by atoms with Crippen molar-refractivity contribution in [1.29, 1.82) is 0 Å². The smallest absolute Gasteiger partial charge is 0.356 e. The van der Waals surface area contributed by atoms with Crippen LogP contribution in [-0.2, 0) is 0 Å². The van der Waals surface area contributed by atoms with Gasteiger partial charge in [0.15, 0.2) is 11.5 Å². The first-order valence-electron chi connectivity index (χ1n) is 4.74. The Balaban J connectivity index is 2.71.